The number of aromatic nitrogens is 2. The van der Waals surface area contributed by atoms with Gasteiger partial charge in [0.1, 0.15) is 11.0 Å². The summed E-state index contributed by atoms with van der Waals surface area (Å²) in [5.74, 6) is 0. The Morgan fingerprint density at radius 2 is 1.41 bits per heavy atom. The maximum absolute atomic E-state index is 4.73. The first-order valence-electron chi connectivity index (χ1n) is 12.1. The number of hydrogen-bond donors (Lipinski definition) is 0. The first-order valence-corrected chi connectivity index (χ1v) is 14.6. The van der Waals surface area contributed by atoms with Gasteiger partial charge in [-0.1, -0.05) is 64.5 Å². The van der Waals surface area contributed by atoms with Gasteiger partial charge in [0.25, 0.3) is 0 Å². The van der Waals surface area contributed by atoms with Gasteiger partial charge in [-0.3, -0.25) is 0 Å². The minimum absolute atomic E-state index is 1.06. The van der Waals surface area contributed by atoms with Crippen LogP contribution in [0.15, 0.2) is 29.6 Å². The van der Waals surface area contributed by atoms with E-state index in [9.17, 15) is 0 Å². The van der Waals surface area contributed by atoms with Crippen molar-refractivity contribution >= 4 is 45.4 Å². The van der Waals surface area contributed by atoms with E-state index in [2.05, 4.69) is 50.4 Å². The van der Waals surface area contributed by atoms with E-state index >= 15 is 0 Å². The minimum atomic E-state index is 1.06. The van der Waals surface area contributed by atoms with Crippen LogP contribution in [0, 0.1) is 6.92 Å². The highest BCUT2D eigenvalue weighted by Crippen LogP contribution is 2.40. The van der Waals surface area contributed by atoms with Crippen molar-refractivity contribution < 1.29 is 0 Å². The van der Waals surface area contributed by atoms with Crippen LogP contribution >= 0.6 is 34.4 Å². The Labute approximate surface area is 205 Å². The summed E-state index contributed by atoms with van der Waals surface area (Å²) < 4.78 is 9.44. The van der Waals surface area contributed by atoms with E-state index < -0.39 is 0 Å². The van der Waals surface area contributed by atoms with E-state index in [-0.39, 0.29) is 0 Å². The number of fused-ring (bicyclic) bond motifs is 1. The molecule has 0 spiro atoms. The molecular formula is C27H34N2S3. The summed E-state index contributed by atoms with van der Waals surface area (Å²) in [5, 5.41) is 2.33. The van der Waals surface area contributed by atoms with Crippen molar-refractivity contribution in [2.45, 2.75) is 85.0 Å². The van der Waals surface area contributed by atoms with E-state index in [4.69, 9.17) is 8.75 Å². The highest BCUT2D eigenvalue weighted by atomic mass is 32.1. The second-order valence-corrected chi connectivity index (χ2v) is 11.5. The third-order valence-corrected chi connectivity index (χ3v) is 8.91. The van der Waals surface area contributed by atoms with Crippen molar-refractivity contribution in [3.8, 4) is 20.9 Å². The van der Waals surface area contributed by atoms with Crippen molar-refractivity contribution in [1.82, 2.24) is 8.75 Å². The fraction of sp³-hybridized carbons (Fsp3) is 0.481. The molecule has 0 amide bonds. The zero-order valence-electron chi connectivity index (χ0n) is 19.6. The number of benzene rings is 1. The lowest BCUT2D eigenvalue weighted by Gasteiger charge is -2.03. The topological polar surface area (TPSA) is 25.8 Å². The molecule has 32 heavy (non-hydrogen) atoms. The first kappa shape index (κ1) is 23.6. The second-order valence-electron chi connectivity index (χ2n) is 8.75. The molecule has 0 N–H and O–H groups in total. The molecule has 4 aromatic rings. The molecule has 0 saturated carbocycles. The molecule has 0 aliphatic heterocycles. The third kappa shape index (κ3) is 5.49. The Morgan fingerprint density at radius 1 is 0.750 bits per heavy atom. The first-order chi connectivity index (χ1) is 15.7. The summed E-state index contributed by atoms with van der Waals surface area (Å²) in [6.45, 7) is 6.81. The normalized spacial score (nSPS) is 11.6. The standard InChI is InChI=1S/C27H34N2S3/c1-4-6-8-10-12-20-16-24(30-18-20)22-14-15-23(27-26(22)28-32-29-27)25-17-21(19(3)31-25)13-11-9-7-5-2/h14-18H,4-13H2,1-3H3. The molecule has 1 aromatic carbocycles. The maximum atomic E-state index is 4.73. The summed E-state index contributed by atoms with van der Waals surface area (Å²) in [6.07, 6.45) is 12.9. The molecule has 3 heterocycles. The molecule has 0 fully saturated rings. The predicted octanol–water partition coefficient (Wildman–Crippen LogP) is 9.70. The van der Waals surface area contributed by atoms with E-state index in [1.165, 1.54) is 113 Å². The van der Waals surface area contributed by atoms with Crippen molar-refractivity contribution in [2.24, 2.45) is 0 Å². The SMILES string of the molecule is CCCCCCc1csc(-c2ccc(-c3cc(CCCCCC)c(C)s3)c3nsnc23)c1. The monoisotopic (exact) mass is 482 g/mol. The van der Waals surface area contributed by atoms with Crippen LogP contribution in [-0.4, -0.2) is 8.75 Å². The van der Waals surface area contributed by atoms with Gasteiger partial charge in [-0.25, -0.2) is 0 Å². The van der Waals surface area contributed by atoms with Gasteiger partial charge in [0.05, 0.1) is 11.7 Å². The Hall–Kier alpha value is -1.56. The van der Waals surface area contributed by atoms with Gasteiger partial charge >= 0.3 is 0 Å². The number of thiophene rings is 2. The molecule has 0 aliphatic carbocycles. The predicted molar refractivity (Wildman–Crippen MR) is 144 cm³/mol. The average molecular weight is 483 g/mol. The average Bonchev–Trinajstić information content (AvgIpc) is 3.54. The summed E-state index contributed by atoms with van der Waals surface area (Å²) >= 11 is 5.09. The van der Waals surface area contributed by atoms with Crippen LogP contribution in [0.2, 0.25) is 0 Å². The Bertz CT molecular complexity index is 1140. The van der Waals surface area contributed by atoms with Crippen LogP contribution < -0.4 is 0 Å². The molecule has 4 rings (SSSR count). The summed E-state index contributed by atoms with van der Waals surface area (Å²) in [4.78, 5) is 4.10. The summed E-state index contributed by atoms with van der Waals surface area (Å²) in [6, 6.07) is 9.31. The van der Waals surface area contributed by atoms with Crippen molar-refractivity contribution in [1.29, 1.82) is 0 Å². The fourth-order valence-electron chi connectivity index (χ4n) is 4.31. The van der Waals surface area contributed by atoms with Crippen LogP contribution in [0.3, 0.4) is 0 Å². The van der Waals surface area contributed by atoms with E-state index in [0.29, 0.717) is 0 Å². The number of unbranched alkanes of at least 4 members (excludes halogenated alkanes) is 6. The van der Waals surface area contributed by atoms with Crippen molar-refractivity contribution in [3.05, 3.63) is 45.6 Å². The molecule has 170 valence electrons. The quantitative estimate of drug-likeness (QED) is 0.188. The van der Waals surface area contributed by atoms with Crippen LogP contribution in [0.4, 0.5) is 0 Å². The maximum Gasteiger partial charge on any atom is 0.114 e. The zero-order chi connectivity index (χ0) is 22.3. The molecule has 0 unspecified atom stereocenters. The van der Waals surface area contributed by atoms with E-state index in [1.807, 2.05) is 22.7 Å². The molecule has 0 aliphatic rings. The molecule has 0 radical (unpaired) electrons. The minimum Gasteiger partial charge on any atom is -0.172 e. The summed E-state index contributed by atoms with van der Waals surface area (Å²) in [5.41, 5.74) is 7.55. The van der Waals surface area contributed by atoms with Crippen molar-refractivity contribution in [2.75, 3.05) is 0 Å². The Morgan fingerprint density at radius 3 is 2.09 bits per heavy atom. The number of aryl methyl sites for hydroxylation is 3. The molecule has 3 aromatic heterocycles. The molecule has 0 atom stereocenters. The molecular weight excluding hydrogens is 449 g/mol. The molecule has 0 saturated heterocycles. The van der Waals surface area contributed by atoms with Gasteiger partial charge in [-0.05, 0) is 61.2 Å². The largest absolute Gasteiger partial charge is 0.172 e. The third-order valence-electron chi connectivity index (χ3n) is 6.24. The van der Waals surface area contributed by atoms with Gasteiger partial charge in [-0.2, -0.15) is 8.75 Å². The number of hydrogen-bond acceptors (Lipinski definition) is 5. The lowest BCUT2D eigenvalue weighted by atomic mass is 10.0. The zero-order valence-corrected chi connectivity index (χ0v) is 22.0. The van der Waals surface area contributed by atoms with Crippen LogP contribution in [0.5, 0.6) is 0 Å². The smallest absolute Gasteiger partial charge is 0.114 e. The molecule has 5 heteroatoms. The lowest BCUT2D eigenvalue weighted by molar-refractivity contribution is 0.666. The lowest BCUT2D eigenvalue weighted by Crippen LogP contribution is -1.85. The van der Waals surface area contributed by atoms with Gasteiger partial charge in [0, 0.05) is 25.8 Å². The van der Waals surface area contributed by atoms with E-state index in [0.717, 1.165) is 11.0 Å². The van der Waals surface area contributed by atoms with Gasteiger partial charge in [-0.15, -0.1) is 22.7 Å². The Balaban J connectivity index is 1.55. The van der Waals surface area contributed by atoms with Crippen molar-refractivity contribution in [3.63, 3.8) is 0 Å². The second kappa shape index (κ2) is 11.5. The van der Waals surface area contributed by atoms with Gasteiger partial charge < -0.3 is 0 Å². The van der Waals surface area contributed by atoms with Gasteiger partial charge in [0.15, 0.2) is 0 Å². The number of nitrogens with zero attached hydrogens (tertiary/aromatic N) is 2. The van der Waals surface area contributed by atoms with E-state index in [1.54, 1.807) is 0 Å². The number of rotatable bonds is 12. The van der Waals surface area contributed by atoms with Gasteiger partial charge in [0.2, 0.25) is 0 Å². The highest BCUT2D eigenvalue weighted by Gasteiger charge is 2.17. The van der Waals surface area contributed by atoms with Crippen LogP contribution in [0.1, 0.15) is 81.2 Å². The van der Waals surface area contributed by atoms with Crippen LogP contribution in [0.25, 0.3) is 31.9 Å². The molecule has 2 nitrogen and oxygen atoms in total. The fourth-order valence-corrected chi connectivity index (χ4v) is 6.96. The highest BCUT2D eigenvalue weighted by molar-refractivity contribution is 7.15. The van der Waals surface area contributed by atoms with Crippen LogP contribution in [-0.2, 0) is 12.8 Å². The Kier molecular flexibility index (Phi) is 8.50. The summed E-state index contributed by atoms with van der Waals surface area (Å²) in [7, 11) is 0. The molecule has 0 bridgehead atoms.